The lowest BCUT2D eigenvalue weighted by atomic mass is 9.93. The zero-order valence-corrected chi connectivity index (χ0v) is 11.7. The van der Waals surface area contributed by atoms with Gasteiger partial charge in [0.25, 0.3) is 0 Å². The van der Waals surface area contributed by atoms with E-state index in [1.54, 1.807) is 12.1 Å². The molecule has 98 valence electrons. The van der Waals surface area contributed by atoms with Gasteiger partial charge < -0.3 is 10.5 Å². The molecule has 0 bridgehead atoms. The van der Waals surface area contributed by atoms with Crippen molar-refractivity contribution < 1.29 is 4.74 Å². The summed E-state index contributed by atoms with van der Waals surface area (Å²) in [5.41, 5.74) is 8.13. The topological polar surface area (TPSA) is 35.2 Å². The van der Waals surface area contributed by atoms with Crippen LogP contribution in [0.4, 0.5) is 0 Å². The lowest BCUT2D eigenvalue weighted by Gasteiger charge is -2.31. The van der Waals surface area contributed by atoms with Crippen LogP contribution in [0.2, 0.25) is 10.0 Å². The maximum Gasteiger partial charge on any atom is 0.127 e. The predicted octanol–water partition coefficient (Wildman–Crippen LogP) is 4.52. The van der Waals surface area contributed by atoms with Gasteiger partial charge in [-0.2, -0.15) is 0 Å². The van der Waals surface area contributed by atoms with E-state index >= 15 is 0 Å². The molecule has 0 saturated carbocycles. The second-order valence-electron chi connectivity index (χ2n) is 4.65. The third-order valence-electron chi connectivity index (χ3n) is 3.36. The van der Waals surface area contributed by atoms with Gasteiger partial charge in [-0.25, -0.2) is 0 Å². The van der Waals surface area contributed by atoms with Gasteiger partial charge >= 0.3 is 0 Å². The van der Waals surface area contributed by atoms with Gasteiger partial charge in [0.05, 0.1) is 0 Å². The van der Waals surface area contributed by atoms with Gasteiger partial charge in [0.1, 0.15) is 11.9 Å². The summed E-state index contributed by atoms with van der Waals surface area (Å²) in [4.78, 5) is 0. The molecule has 2 aromatic rings. The van der Waals surface area contributed by atoms with Gasteiger partial charge in [0.2, 0.25) is 0 Å². The van der Waals surface area contributed by atoms with Gasteiger partial charge in [-0.15, -0.1) is 0 Å². The van der Waals surface area contributed by atoms with Gasteiger partial charge in [-0.05, 0) is 24.3 Å². The Balaban J connectivity index is 1.99. The fourth-order valence-corrected chi connectivity index (χ4v) is 2.82. The summed E-state index contributed by atoms with van der Waals surface area (Å²) in [7, 11) is 0. The largest absolute Gasteiger partial charge is 0.485 e. The minimum absolute atomic E-state index is 0.0509. The van der Waals surface area contributed by atoms with Crippen LogP contribution in [0.1, 0.15) is 29.7 Å². The third kappa shape index (κ3) is 2.44. The van der Waals surface area contributed by atoms with E-state index in [1.807, 2.05) is 30.3 Å². The zero-order chi connectivity index (χ0) is 13.4. The molecule has 2 nitrogen and oxygen atoms in total. The summed E-state index contributed by atoms with van der Waals surface area (Å²) < 4.78 is 6.00. The summed E-state index contributed by atoms with van der Waals surface area (Å²) >= 11 is 12.3. The van der Waals surface area contributed by atoms with Crippen LogP contribution in [-0.2, 0) is 0 Å². The van der Waals surface area contributed by atoms with Crippen LogP contribution in [0, 0.1) is 0 Å². The first-order chi connectivity index (χ1) is 9.15. The van der Waals surface area contributed by atoms with Gasteiger partial charge in [-0.1, -0.05) is 41.4 Å². The van der Waals surface area contributed by atoms with Crippen molar-refractivity contribution in [2.24, 2.45) is 5.73 Å². The Bertz CT molecular complexity index is 615. The Morgan fingerprint density at radius 2 is 1.84 bits per heavy atom. The van der Waals surface area contributed by atoms with Crippen LogP contribution in [0.3, 0.4) is 0 Å². The highest BCUT2D eigenvalue weighted by atomic mass is 35.5. The predicted molar refractivity (Wildman–Crippen MR) is 77.8 cm³/mol. The second kappa shape index (κ2) is 5.04. The van der Waals surface area contributed by atoms with E-state index in [0.29, 0.717) is 16.5 Å². The number of halogens is 2. The monoisotopic (exact) mass is 293 g/mol. The van der Waals surface area contributed by atoms with Crippen LogP contribution in [0.15, 0.2) is 42.5 Å². The number of hydrogen-bond donors (Lipinski definition) is 1. The molecule has 0 aromatic heterocycles. The van der Waals surface area contributed by atoms with Crippen molar-refractivity contribution in [3.63, 3.8) is 0 Å². The molecule has 1 heterocycles. The van der Waals surface area contributed by atoms with Gasteiger partial charge in [0, 0.05) is 33.6 Å². The molecule has 3 rings (SSSR count). The Morgan fingerprint density at radius 3 is 2.68 bits per heavy atom. The number of ether oxygens (including phenoxy) is 1. The molecule has 1 aliphatic heterocycles. The van der Waals surface area contributed by atoms with E-state index in [4.69, 9.17) is 33.7 Å². The summed E-state index contributed by atoms with van der Waals surface area (Å²) in [6.07, 6.45) is 0.535. The van der Waals surface area contributed by atoms with Crippen molar-refractivity contribution in [3.05, 3.63) is 63.6 Å². The van der Waals surface area contributed by atoms with Gasteiger partial charge in [0.15, 0.2) is 0 Å². The Morgan fingerprint density at radius 1 is 1.05 bits per heavy atom. The average Bonchev–Trinajstić information content (AvgIpc) is 2.41. The van der Waals surface area contributed by atoms with Crippen molar-refractivity contribution in [1.82, 2.24) is 0 Å². The van der Waals surface area contributed by atoms with Crippen LogP contribution in [0.25, 0.3) is 0 Å². The Hall–Kier alpha value is -1.22. The van der Waals surface area contributed by atoms with Crippen LogP contribution >= 0.6 is 23.2 Å². The molecule has 19 heavy (non-hydrogen) atoms. The standard InChI is InChI=1S/C15H13Cl2NO/c16-9-5-6-12(17)11(7-9)15-8-13(18)10-3-1-2-4-14(10)19-15/h1-7,13,15H,8,18H2. The third-order valence-corrected chi connectivity index (χ3v) is 3.94. The molecule has 4 heteroatoms. The van der Waals surface area contributed by atoms with E-state index in [9.17, 15) is 0 Å². The molecule has 2 unspecified atom stereocenters. The lowest BCUT2D eigenvalue weighted by Crippen LogP contribution is -2.24. The van der Waals surface area contributed by atoms with E-state index in [1.165, 1.54) is 0 Å². The van der Waals surface area contributed by atoms with Crippen molar-refractivity contribution in [3.8, 4) is 5.75 Å². The average molecular weight is 294 g/mol. The Labute approximate surface area is 122 Å². The molecule has 2 atom stereocenters. The van der Waals surface area contributed by atoms with E-state index < -0.39 is 0 Å². The van der Waals surface area contributed by atoms with E-state index in [-0.39, 0.29) is 12.1 Å². The van der Waals surface area contributed by atoms with Crippen molar-refractivity contribution >= 4 is 23.2 Å². The van der Waals surface area contributed by atoms with Crippen molar-refractivity contribution in [1.29, 1.82) is 0 Å². The molecule has 2 N–H and O–H groups in total. The molecule has 1 aliphatic rings. The number of hydrogen-bond acceptors (Lipinski definition) is 2. The number of rotatable bonds is 1. The Kier molecular flexibility index (Phi) is 3.40. The highest BCUT2D eigenvalue weighted by molar-refractivity contribution is 6.33. The first-order valence-corrected chi connectivity index (χ1v) is 6.87. The quantitative estimate of drug-likeness (QED) is 0.839. The normalized spacial score (nSPS) is 21.6. The summed E-state index contributed by atoms with van der Waals surface area (Å²) in [5, 5.41) is 1.30. The minimum Gasteiger partial charge on any atom is -0.485 e. The number of benzene rings is 2. The summed E-state index contributed by atoms with van der Waals surface area (Å²) in [6.45, 7) is 0. The summed E-state index contributed by atoms with van der Waals surface area (Å²) in [6, 6.07) is 13.2. The smallest absolute Gasteiger partial charge is 0.127 e. The fourth-order valence-electron chi connectivity index (χ4n) is 2.40. The molecule has 0 amide bonds. The SMILES string of the molecule is NC1CC(c2cc(Cl)ccc2Cl)Oc2ccccc21. The molecule has 0 spiro atoms. The molecule has 2 aromatic carbocycles. The molecular weight excluding hydrogens is 281 g/mol. The highest BCUT2D eigenvalue weighted by Gasteiger charge is 2.28. The van der Waals surface area contributed by atoms with E-state index in [2.05, 4.69) is 0 Å². The van der Waals surface area contributed by atoms with Crippen LogP contribution < -0.4 is 10.5 Å². The van der Waals surface area contributed by atoms with Crippen LogP contribution in [0.5, 0.6) is 5.75 Å². The summed E-state index contributed by atoms with van der Waals surface area (Å²) in [5.74, 6) is 0.822. The number of para-hydroxylation sites is 1. The highest BCUT2D eigenvalue weighted by Crippen LogP contribution is 2.41. The maximum absolute atomic E-state index is 6.22. The molecular formula is C15H13Cl2NO. The molecule has 0 saturated heterocycles. The lowest BCUT2D eigenvalue weighted by molar-refractivity contribution is 0.161. The second-order valence-corrected chi connectivity index (χ2v) is 5.50. The zero-order valence-electron chi connectivity index (χ0n) is 10.1. The molecule has 0 fully saturated rings. The number of fused-ring (bicyclic) bond motifs is 1. The van der Waals surface area contributed by atoms with Crippen LogP contribution in [-0.4, -0.2) is 0 Å². The van der Waals surface area contributed by atoms with Crippen molar-refractivity contribution in [2.75, 3.05) is 0 Å². The first kappa shape index (κ1) is 12.8. The maximum atomic E-state index is 6.22. The minimum atomic E-state index is -0.156. The van der Waals surface area contributed by atoms with E-state index in [0.717, 1.165) is 16.9 Å². The fraction of sp³-hybridized carbons (Fsp3) is 0.200. The molecule has 0 aliphatic carbocycles. The van der Waals surface area contributed by atoms with Crippen molar-refractivity contribution in [2.45, 2.75) is 18.6 Å². The number of nitrogens with two attached hydrogens (primary N) is 1. The van der Waals surface area contributed by atoms with Gasteiger partial charge in [-0.3, -0.25) is 0 Å². The first-order valence-electron chi connectivity index (χ1n) is 6.11. The molecule has 0 radical (unpaired) electrons.